The van der Waals surface area contributed by atoms with Gasteiger partial charge in [0.15, 0.2) is 5.78 Å². The Kier molecular flexibility index (Phi) is 5.72. The molecule has 1 aromatic rings. The Labute approximate surface area is 118 Å². The summed E-state index contributed by atoms with van der Waals surface area (Å²) in [6.45, 7) is 5.06. The van der Waals surface area contributed by atoms with Gasteiger partial charge in [-0.05, 0) is 38.3 Å². The number of hydrogen-bond acceptors (Lipinski definition) is 3. The van der Waals surface area contributed by atoms with Crippen molar-refractivity contribution in [3.63, 3.8) is 0 Å². The fourth-order valence-corrected chi connectivity index (χ4v) is 1.96. The Hall–Kier alpha value is -1.66. The molecule has 0 spiro atoms. The summed E-state index contributed by atoms with van der Waals surface area (Å²) in [7, 11) is 0. The van der Waals surface area contributed by atoms with Crippen molar-refractivity contribution < 1.29 is 14.6 Å². The van der Waals surface area contributed by atoms with Crippen LogP contribution in [-0.4, -0.2) is 16.5 Å². The number of ether oxygens (including phenoxy) is 1. The van der Waals surface area contributed by atoms with Crippen LogP contribution < -0.4 is 4.74 Å². The number of ketones is 1. The topological polar surface area (TPSA) is 46.5 Å². The van der Waals surface area contributed by atoms with Gasteiger partial charge in [0.2, 0.25) is 5.56 Å². The standard InChI is InChI=1S/C15H17ClO3/c1-4-6-12-13(19-14(16)7-5-2)9-8-11(10(3)17)15(12)18/h8-9,14,18H,4,6H2,1-3H3. The molecule has 0 aromatic heterocycles. The summed E-state index contributed by atoms with van der Waals surface area (Å²) in [4.78, 5) is 11.4. The molecular weight excluding hydrogens is 264 g/mol. The summed E-state index contributed by atoms with van der Waals surface area (Å²) >= 11 is 5.90. The molecule has 19 heavy (non-hydrogen) atoms. The first-order chi connectivity index (χ1) is 9.01. The van der Waals surface area contributed by atoms with Crippen LogP contribution >= 0.6 is 11.6 Å². The summed E-state index contributed by atoms with van der Waals surface area (Å²) in [6.07, 6.45) is 1.42. The number of halogens is 1. The van der Waals surface area contributed by atoms with E-state index in [0.717, 1.165) is 6.42 Å². The zero-order valence-corrected chi connectivity index (χ0v) is 12.0. The van der Waals surface area contributed by atoms with Gasteiger partial charge in [-0.2, -0.15) is 0 Å². The maximum Gasteiger partial charge on any atom is 0.234 e. The monoisotopic (exact) mass is 280 g/mol. The van der Waals surface area contributed by atoms with Crippen molar-refractivity contribution >= 4 is 17.4 Å². The van der Waals surface area contributed by atoms with E-state index >= 15 is 0 Å². The number of Topliss-reactive ketones (excluding diaryl/α,β-unsaturated/α-hetero) is 1. The minimum Gasteiger partial charge on any atom is -0.507 e. The number of hydrogen-bond donors (Lipinski definition) is 1. The summed E-state index contributed by atoms with van der Waals surface area (Å²) in [6, 6.07) is 3.18. The second kappa shape index (κ2) is 7.06. The van der Waals surface area contributed by atoms with E-state index in [1.165, 1.54) is 13.0 Å². The van der Waals surface area contributed by atoms with E-state index in [4.69, 9.17) is 16.3 Å². The average molecular weight is 281 g/mol. The molecule has 1 aromatic carbocycles. The van der Waals surface area contributed by atoms with Crippen LogP contribution in [0.4, 0.5) is 0 Å². The second-order valence-electron chi connectivity index (χ2n) is 4.07. The molecule has 0 heterocycles. The lowest BCUT2D eigenvalue weighted by atomic mass is 10.0. The highest BCUT2D eigenvalue weighted by atomic mass is 35.5. The lowest BCUT2D eigenvalue weighted by molar-refractivity contribution is 0.101. The smallest absolute Gasteiger partial charge is 0.234 e. The Morgan fingerprint density at radius 2 is 2.21 bits per heavy atom. The van der Waals surface area contributed by atoms with Gasteiger partial charge in [-0.15, -0.1) is 5.92 Å². The first kappa shape index (κ1) is 15.4. The Morgan fingerprint density at radius 3 is 2.74 bits per heavy atom. The number of phenolic OH excluding ortho intramolecular Hbond substituents is 1. The van der Waals surface area contributed by atoms with Gasteiger partial charge >= 0.3 is 0 Å². The average Bonchev–Trinajstić information content (AvgIpc) is 2.33. The van der Waals surface area contributed by atoms with Crippen molar-refractivity contribution in [2.75, 3.05) is 0 Å². The molecule has 1 unspecified atom stereocenters. The molecule has 4 heteroatoms. The number of benzene rings is 1. The predicted molar refractivity (Wildman–Crippen MR) is 75.8 cm³/mol. The third-order valence-corrected chi connectivity index (χ3v) is 2.81. The fourth-order valence-electron chi connectivity index (χ4n) is 1.76. The van der Waals surface area contributed by atoms with Gasteiger partial charge in [-0.25, -0.2) is 0 Å². The van der Waals surface area contributed by atoms with E-state index in [9.17, 15) is 9.90 Å². The highest BCUT2D eigenvalue weighted by Gasteiger charge is 2.17. The van der Waals surface area contributed by atoms with Crippen LogP contribution in [0.3, 0.4) is 0 Å². The van der Waals surface area contributed by atoms with E-state index in [2.05, 4.69) is 11.8 Å². The van der Waals surface area contributed by atoms with Gasteiger partial charge in [0.1, 0.15) is 11.5 Å². The van der Waals surface area contributed by atoms with Crippen LogP contribution in [0.5, 0.6) is 11.5 Å². The van der Waals surface area contributed by atoms with Crippen LogP contribution in [0.1, 0.15) is 43.1 Å². The number of carbonyl (C=O) groups excluding carboxylic acids is 1. The van der Waals surface area contributed by atoms with Crippen LogP contribution in [0, 0.1) is 11.8 Å². The van der Waals surface area contributed by atoms with E-state index in [-0.39, 0.29) is 11.5 Å². The van der Waals surface area contributed by atoms with Crippen molar-refractivity contribution in [2.24, 2.45) is 0 Å². The van der Waals surface area contributed by atoms with Crippen molar-refractivity contribution in [3.05, 3.63) is 23.3 Å². The highest BCUT2D eigenvalue weighted by molar-refractivity contribution is 6.21. The van der Waals surface area contributed by atoms with Gasteiger partial charge in [-0.3, -0.25) is 4.79 Å². The van der Waals surface area contributed by atoms with Gasteiger partial charge in [0.25, 0.3) is 0 Å². The summed E-state index contributed by atoms with van der Waals surface area (Å²) < 4.78 is 5.47. The molecule has 1 N–H and O–H groups in total. The highest BCUT2D eigenvalue weighted by Crippen LogP contribution is 2.33. The van der Waals surface area contributed by atoms with Crippen LogP contribution in [0.25, 0.3) is 0 Å². The zero-order valence-electron chi connectivity index (χ0n) is 11.3. The molecule has 102 valence electrons. The number of rotatable bonds is 5. The largest absolute Gasteiger partial charge is 0.507 e. The van der Waals surface area contributed by atoms with Gasteiger partial charge in [0.05, 0.1) is 5.56 Å². The van der Waals surface area contributed by atoms with Crippen molar-refractivity contribution in [2.45, 2.75) is 39.2 Å². The minimum absolute atomic E-state index is 0.0276. The molecule has 0 radical (unpaired) electrons. The molecule has 3 nitrogen and oxygen atoms in total. The lowest BCUT2D eigenvalue weighted by Gasteiger charge is -2.15. The van der Waals surface area contributed by atoms with E-state index < -0.39 is 5.56 Å². The molecular formula is C15H17ClO3. The van der Waals surface area contributed by atoms with Crippen LogP contribution in [0.2, 0.25) is 0 Å². The minimum atomic E-state index is -0.775. The molecule has 0 saturated carbocycles. The number of alkyl halides is 1. The van der Waals surface area contributed by atoms with Crippen LogP contribution in [-0.2, 0) is 6.42 Å². The number of aromatic hydroxyl groups is 1. The third kappa shape index (κ3) is 3.90. The third-order valence-electron chi connectivity index (χ3n) is 2.61. The summed E-state index contributed by atoms with van der Waals surface area (Å²) in [5, 5.41) is 10.1. The summed E-state index contributed by atoms with van der Waals surface area (Å²) in [5.74, 6) is 5.58. The van der Waals surface area contributed by atoms with Gasteiger partial charge in [-0.1, -0.05) is 24.9 Å². The molecule has 0 bridgehead atoms. The van der Waals surface area contributed by atoms with E-state index in [0.29, 0.717) is 23.3 Å². The molecule has 0 fully saturated rings. The molecule has 1 rings (SSSR count). The number of carbonyl (C=O) groups is 1. The Balaban J connectivity index is 3.19. The van der Waals surface area contributed by atoms with Crippen molar-refractivity contribution in [1.82, 2.24) is 0 Å². The van der Waals surface area contributed by atoms with Crippen molar-refractivity contribution in [3.8, 4) is 23.3 Å². The molecule has 1 atom stereocenters. The molecule has 0 saturated heterocycles. The van der Waals surface area contributed by atoms with E-state index in [1.54, 1.807) is 13.0 Å². The second-order valence-corrected chi connectivity index (χ2v) is 4.47. The Bertz CT molecular complexity index is 526. The van der Waals surface area contributed by atoms with Crippen LogP contribution in [0.15, 0.2) is 12.1 Å². The Morgan fingerprint density at radius 1 is 1.53 bits per heavy atom. The quantitative estimate of drug-likeness (QED) is 0.510. The number of phenols is 1. The molecule has 0 aliphatic heterocycles. The molecule has 0 aliphatic carbocycles. The van der Waals surface area contributed by atoms with Gasteiger partial charge < -0.3 is 9.84 Å². The maximum atomic E-state index is 11.4. The molecule has 0 amide bonds. The maximum absolute atomic E-state index is 11.4. The summed E-state index contributed by atoms with van der Waals surface area (Å²) in [5.41, 5.74) is 0.116. The molecule has 0 aliphatic rings. The first-order valence-corrected chi connectivity index (χ1v) is 6.53. The zero-order chi connectivity index (χ0) is 14.4. The predicted octanol–water partition coefficient (Wildman–Crippen LogP) is 3.51. The normalized spacial score (nSPS) is 11.4. The lowest BCUT2D eigenvalue weighted by Crippen LogP contribution is -2.08. The fraction of sp³-hybridized carbons (Fsp3) is 0.400. The van der Waals surface area contributed by atoms with Crippen molar-refractivity contribution in [1.29, 1.82) is 0 Å². The van der Waals surface area contributed by atoms with E-state index in [1.807, 2.05) is 6.92 Å². The van der Waals surface area contributed by atoms with Gasteiger partial charge in [0, 0.05) is 5.56 Å². The SMILES string of the molecule is CC#CC(Cl)Oc1ccc(C(C)=O)c(O)c1CCC. The first-order valence-electron chi connectivity index (χ1n) is 6.10.